The number of hydrogen-bond donors (Lipinski definition) is 2. The van der Waals surface area contributed by atoms with E-state index in [2.05, 4.69) is 10.3 Å². The Morgan fingerprint density at radius 3 is 2.50 bits per heavy atom. The average molecular weight is 365 g/mol. The number of urea groups is 1. The highest BCUT2D eigenvalue weighted by Crippen LogP contribution is 2.37. The number of aryl methyl sites for hydroxylation is 2. The largest absolute Gasteiger partial charge is 0.481 e. The monoisotopic (exact) mass is 365 g/mol. The lowest BCUT2D eigenvalue weighted by Gasteiger charge is -2.18. The molecule has 1 aliphatic rings. The molecule has 0 saturated carbocycles. The fourth-order valence-corrected chi connectivity index (χ4v) is 3.52. The van der Waals surface area contributed by atoms with Crippen molar-refractivity contribution in [1.29, 1.82) is 0 Å². The number of nitrogens with zero attached hydrogens (tertiary/aromatic N) is 2. The van der Waals surface area contributed by atoms with Gasteiger partial charge in [0.05, 0.1) is 22.5 Å². The fraction of sp³-hybridized carbons (Fsp3) is 0.643. The van der Waals surface area contributed by atoms with Gasteiger partial charge in [-0.1, -0.05) is 0 Å². The van der Waals surface area contributed by atoms with Crippen LogP contribution in [-0.2, 0) is 11.2 Å². The normalized spacial score (nSPS) is 21.1. The van der Waals surface area contributed by atoms with Crippen LogP contribution in [0.4, 0.5) is 18.0 Å². The predicted molar refractivity (Wildman–Crippen MR) is 80.9 cm³/mol. The van der Waals surface area contributed by atoms with Crippen LogP contribution in [-0.4, -0.2) is 52.8 Å². The number of hydrogen-bond acceptors (Lipinski definition) is 4. The Labute approximate surface area is 140 Å². The first-order chi connectivity index (χ1) is 11.1. The summed E-state index contributed by atoms with van der Waals surface area (Å²) in [6.07, 6.45) is -4.17. The third-order valence-electron chi connectivity index (χ3n) is 4.03. The number of carbonyl (C=O) groups excluding carboxylic acids is 1. The van der Waals surface area contributed by atoms with Crippen LogP contribution < -0.4 is 5.32 Å². The summed E-state index contributed by atoms with van der Waals surface area (Å²) in [5, 5.41) is 12.3. The van der Waals surface area contributed by atoms with Crippen molar-refractivity contribution in [2.75, 3.05) is 19.6 Å². The Balaban J connectivity index is 1.89. The van der Waals surface area contributed by atoms with Gasteiger partial charge < -0.3 is 15.3 Å². The van der Waals surface area contributed by atoms with Crippen LogP contribution in [0.15, 0.2) is 0 Å². The number of halogens is 3. The van der Waals surface area contributed by atoms with Crippen molar-refractivity contribution in [3.63, 3.8) is 0 Å². The van der Waals surface area contributed by atoms with Gasteiger partial charge in [0.15, 0.2) is 0 Å². The lowest BCUT2D eigenvalue weighted by atomic mass is 9.96. The van der Waals surface area contributed by atoms with Crippen LogP contribution in [0.5, 0.6) is 0 Å². The molecule has 1 aliphatic heterocycles. The van der Waals surface area contributed by atoms with Gasteiger partial charge >= 0.3 is 18.2 Å². The summed E-state index contributed by atoms with van der Waals surface area (Å²) in [4.78, 5) is 29.3. The molecule has 0 unspecified atom stereocenters. The number of carbonyl (C=O) groups is 2. The molecule has 2 atom stereocenters. The van der Waals surface area contributed by atoms with Crippen molar-refractivity contribution < 1.29 is 27.9 Å². The van der Waals surface area contributed by atoms with Crippen LogP contribution >= 0.6 is 11.3 Å². The smallest absolute Gasteiger partial charge is 0.394 e. The molecule has 0 bridgehead atoms. The second kappa shape index (κ2) is 6.96. The lowest BCUT2D eigenvalue weighted by Crippen LogP contribution is -2.40. The molecule has 1 aromatic heterocycles. The Bertz CT molecular complexity index is 613. The third kappa shape index (κ3) is 4.16. The van der Waals surface area contributed by atoms with E-state index in [9.17, 15) is 22.8 Å². The van der Waals surface area contributed by atoms with E-state index in [0.29, 0.717) is 6.42 Å². The van der Waals surface area contributed by atoms with E-state index in [1.54, 1.807) is 0 Å². The number of nitrogens with one attached hydrogen (secondary N) is 1. The van der Waals surface area contributed by atoms with Gasteiger partial charge in [-0.05, 0) is 13.8 Å². The topological polar surface area (TPSA) is 82.5 Å². The van der Waals surface area contributed by atoms with E-state index in [-0.39, 0.29) is 6.54 Å². The van der Waals surface area contributed by atoms with E-state index in [0.717, 1.165) is 20.5 Å². The summed E-state index contributed by atoms with van der Waals surface area (Å²) in [7, 11) is 0. The Kier molecular flexibility index (Phi) is 5.36. The summed E-state index contributed by atoms with van der Waals surface area (Å²) in [5.41, 5.74) is 0.915. The molecule has 6 nitrogen and oxygen atoms in total. The molecule has 2 amide bonds. The predicted octanol–water partition coefficient (Wildman–Crippen LogP) is 2.21. The van der Waals surface area contributed by atoms with Crippen LogP contribution in [0.1, 0.15) is 15.6 Å². The van der Waals surface area contributed by atoms with Crippen molar-refractivity contribution in [1.82, 2.24) is 15.2 Å². The van der Waals surface area contributed by atoms with Crippen molar-refractivity contribution in [3.05, 3.63) is 15.6 Å². The minimum Gasteiger partial charge on any atom is -0.481 e. The number of thiazole rings is 1. The van der Waals surface area contributed by atoms with E-state index in [4.69, 9.17) is 5.11 Å². The molecule has 1 saturated heterocycles. The second-order valence-electron chi connectivity index (χ2n) is 5.73. The first kappa shape index (κ1) is 18.5. The van der Waals surface area contributed by atoms with Gasteiger partial charge in [0.2, 0.25) is 0 Å². The summed E-state index contributed by atoms with van der Waals surface area (Å²) in [5.74, 6) is -5.20. The number of alkyl halides is 3. The summed E-state index contributed by atoms with van der Waals surface area (Å²) in [6, 6.07) is -0.682. The van der Waals surface area contributed by atoms with Crippen molar-refractivity contribution in [2.24, 2.45) is 11.8 Å². The third-order valence-corrected chi connectivity index (χ3v) is 5.17. The number of carboxylic acids is 1. The quantitative estimate of drug-likeness (QED) is 0.857. The van der Waals surface area contributed by atoms with Crippen LogP contribution in [0, 0.1) is 25.7 Å². The van der Waals surface area contributed by atoms with Gasteiger partial charge in [0, 0.05) is 30.9 Å². The zero-order valence-electron chi connectivity index (χ0n) is 13.2. The minimum absolute atomic E-state index is 0.232. The van der Waals surface area contributed by atoms with Crippen molar-refractivity contribution in [3.8, 4) is 0 Å². The lowest BCUT2D eigenvalue weighted by molar-refractivity contribution is -0.187. The minimum atomic E-state index is -4.64. The Morgan fingerprint density at radius 1 is 1.38 bits per heavy atom. The summed E-state index contributed by atoms with van der Waals surface area (Å²) < 4.78 is 38.7. The highest BCUT2D eigenvalue weighted by molar-refractivity contribution is 7.11. The number of aromatic nitrogens is 1. The molecule has 0 spiro atoms. The number of likely N-dealkylation sites (tertiary alicyclic amines) is 1. The molecule has 1 fully saturated rings. The van der Waals surface area contributed by atoms with E-state index in [1.165, 1.54) is 11.3 Å². The van der Waals surface area contributed by atoms with E-state index < -0.39 is 43.1 Å². The number of carboxylic acid groups (broad SMARTS) is 1. The molecule has 24 heavy (non-hydrogen) atoms. The molecule has 0 aromatic carbocycles. The number of rotatable bonds is 4. The standard InChI is InChI=1S/C14H18F3N3O3S/c1-7-8(2)24-11(19-7)3-4-18-13(23)20-5-9(12(21)22)10(6-20)14(15,16)17/h9-10H,3-6H2,1-2H3,(H,18,23)(H,21,22)/t9-,10-/m1/s1. The maximum atomic E-state index is 12.9. The fourth-order valence-electron chi connectivity index (χ4n) is 2.59. The maximum Gasteiger partial charge on any atom is 0.394 e. The molecule has 2 heterocycles. The van der Waals surface area contributed by atoms with Crippen molar-refractivity contribution >= 4 is 23.3 Å². The van der Waals surface area contributed by atoms with Gasteiger partial charge in [-0.2, -0.15) is 13.2 Å². The Hall–Kier alpha value is -1.84. The average Bonchev–Trinajstić information content (AvgIpc) is 3.03. The summed E-state index contributed by atoms with van der Waals surface area (Å²) in [6.45, 7) is 2.96. The molecule has 2 rings (SSSR count). The molecule has 0 aliphatic carbocycles. The zero-order valence-corrected chi connectivity index (χ0v) is 14.0. The van der Waals surface area contributed by atoms with Crippen molar-refractivity contribution in [2.45, 2.75) is 26.4 Å². The van der Waals surface area contributed by atoms with E-state index in [1.807, 2.05) is 13.8 Å². The first-order valence-corrected chi connectivity index (χ1v) is 8.16. The SMILES string of the molecule is Cc1nc(CCNC(=O)N2C[C@@H](C(F)(F)F)[C@H](C(=O)O)C2)sc1C. The molecule has 0 radical (unpaired) electrons. The highest BCUT2D eigenvalue weighted by Gasteiger charge is 2.53. The van der Waals surface area contributed by atoms with Crippen LogP contribution in [0.25, 0.3) is 0 Å². The zero-order chi connectivity index (χ0) is 18.1. The van der Waals surface area contributed by atoms with Gasteiger partial charge in [0.25, 0.3) is 0 Å². The highest BCUT2D eigenvalue weighted by atomic mass is 32.1. The molecule has 134 valence electrons. The van der Waals surface area contributed by atoms with Crippen LogP contribution in [0.2, 0.25) is 0 Å². The van der Waals surface area contributed by atoms with E-state index >= 15 is 0 Å². The number of aliphatic carboxylic acids is 1. The van der Waals surface area contributed by atoms with Crippen LogP contribution in [0.3, 0.4) is 0 Å². The molecule has 2 N–H and O–H groups in total. The Morgan fingerprint density at radius 2 is 2.04 bits per heavy atom. The first-order valence-electron chi connectivity index (χ1n) is 7.34. The van der Waals surface area contributed by atoms with Gasteiger partial charge in [0.1, 0.15) is 0 Å². The maximum absolute atomic E-state index is 12.9. The van der Waals surface area contributed by atoms with Gasteiger partial charge in [-0.3, -0.25) is 4.79 Å². The number of amides is 2. The van der Waals surface area contributed by atoms with Gasteiger partial charge in [-0.25, -0.2) is 9.78 Å². The summed E-state index contributed by atoms with van der Waals surface area (Å²) >= 11 is 1.50. The molecular weight excluding hydrogens is 347 g/mol. The second-order valence-corrected chi connectivity index (χ2v) is 7.02. The molecule has 10 heteroatoms. The molecular formula is C14H18F3N3O3S. The van der Waals surface area contributed by atoms with Gasteiger partial charge in [-0.15, -0.1) is 11.3 Å². The molecule has 1 aromatic rings.